The molecule has 0 aromatic carbocycles. The van der Waals surface area contributed by atoms with Crippen LogP contribution in [-0.2, 0) is 9.53 Å². The fourth-order valence-corrected chi connectivity index (χ4v) is 0.871. The molecule has 0 unspecified atom stereocenters. The first-order valence-electron chi connectivity index (χ1n) is 3.27. The quantitative estimate of drug-likeness (QED) is 0.389. The fraction of sp³-hybridized carbons (Fsp3) is 0.833. The molecule has 0 aromatic rings. The Bertz CT molecular complexity index is 137. The van der Waals surface area contributed by atoms with Crippen LogP contribution >= 0.6 is 0 Å². The smallest absolute Gasteiger partial charge is 0.236 e. The Kier molecular flexibility index (Phi) is 3.09. The van der Waals surface area contributed by atoms with E-state index in [1.54, 1.807) is 0 Å². The second-order valence-corrected chi connectivity index (χ2v) is 2.12. The van der Waals surface area contributed by atoms with Gasteiger partial charge in [0.1, 0.15) is 6.67 Å². The van der Waals surface area contributed by atoms with Gasteiger partial charge in [-0.15, -0.1) is 0 Å². The van der Waals surface area contributed by atoms with Gasteiger partial charge >= 0.3 is 0 Å². The first-order chi connectivity index (χ1) is 4.93. The SMILES string of the molecule is O=C=NCN1CCOCC1. The lowest BCUT2D eigenvalue weighted by Gasteiger charge is -2.23. The lowest BCUT2D eigenvalue weighted by molar-refractivity contribution is 0.0394. The number of nitrogens with zero attached hydrogens (tertiary/aromatic N) is 2. The second-order valence-electron chi connectivity index (χ2n) is 2.12. The molecule has 1 rings (SSSR count). The molecule has 56 valence electrons. The van der Waals surface area contributed by atoms with Gasteiger partial charge in [-0.2, -0.15) is 4.99 Å². The van der Waals surface area contributed by atoms with Crippen molar-refractivity contribution in [2.75, 3.05) is 33.0 Å². The molecular formula is C6H10N2O2. The van der Waals surface area contributed by atoms with E-state index in [1.165, 1.54) is 6.08 Å². The van der Waals surface area contributed by atoms with Crippen molar-refractivity contribution in [3.8, 4) is 0 Å². The predicted octanol–water partition coefficient (Wildman–Crippen LogP) is -0.388. The van der Waals surface area contributed by atoms with Crippen LogP contribution in [0.1, 0.15) is 0 Å². The molecule has 0 saturated carbocycles. The van der Waals surface area contributed by atoms with Gasteiger partial charge in [-0.25, -0.2) is 4.79 Å². The summed E-state index contributed by atoms with van der Waals surface area (Å²) in [5.41, 5.74) is 0. The molecule has 0 N–H and O–H groups in total. The van der Waals surface area contributed by atoms with Gasteiger partial charge in [-0.3, -0.25) is 4.90 Å². The lowest BCUT2D eigenvalue weighted by Crippen LogP contribution is -2.36. The second kappa shape index (κ2) is 4.17. The first-order valence-corrected chi connectivity index (χ1v) is 3.27. The molecule has 0 aromatic heterocycles. The zero-order chi connectivity index (χ0) is 7.23. The van der Waals surface area contributed by atoms with Gasteiger partial charge in [-0.05, 0) is 0 Å². The van der Waals surface area contributed by atoms with Crippen molar-refractivity contribution in [3.05, 3.63) is 0 Å². The minimum absolute atomic E-state index is 0.465. The Morgan fingerprint density at radius 3 is 2.80 bits per heavy atom. The molecule has 1 aliphatic heterocycles. The van der Waals surface area contributed by atoms with Gasteiger partial charge in [0.25, 0.3) is 0 Å². The van der Waals surface area contributed by atoms with Crippen molar-refractivity contribution in [2.24, 2.45) is 4.99 Å². The molecule has 4 nitrogen and oxygen atoms in total. The van der Waals surface area contributed by atoms with Gasteiger partial charge in [-0.1, -0.05) is 0 Å². The number of aliphatic imine (C=N–C) groups is 1. The number of hydrogen-bond donors (Lipinski definition) is 0. The zero-order valence-corrected chi connectivity index (χ0v) is 5.75. The number of hydrogen-bond acceptors (Lipinski definition) is 4. The molecule has 0 aliphatic carbocycles. The molecule has 10 heavy (non-hydrogen) atoms. The number of morpholine rings is 1. The third-order valence-corrected chi connectivity index (χ3v) is 1.44. The van der Waals surface area contributed by atoms with E-state index in [4.69, 9.17) is 4.74 Å². The molecule has 4 heteroatoms. The summed E-state index contributed by atoms with van der Waals surface area (Å²) in [6.45, 7) is 3.69. The van der Waals surface area contributed by atoms with E-state index < -0.39 is 0 Å². The lowest BCUT2D eigenvalue weighted by atomic mass is 10.5. The maximum atomic E-state index is 9.70. The van der Waals surface area contributed by atoms with Crippen molar-refractivity contribution in [2.45, 2.75) is 0 Å². The Balaban J connectivity index is 2.19. The van der Waals surface area contributed by atoms with E-state index in [0.29, 0.717) is 6.67 Å². The highest BCUT2D eigenvalue weighted by Crippen LogP contribution is 1.94. The molecule has 0 spiro atoms. The molecule has 1 heterocycles. The van der Waals surface area contributed by atoms with E-state index in [-0.39, 0.29) is 0 Å². The summed E-state index contributed by atoms with van der Waals surface area (Å²) in [5.74, 6) is 0. The number of carbonyl (C=O) groups excluding carboxylic acids is 1. The van der Waals surface area contributed by atoms with Crippen molar-refractivity contribution >= 4 is 6.08 Å². The number of ether oxygens (including phenoxy) is 1. The van der Waals surface area contributed by atoms with E-state index in [1.807, 2.05) is 0 Å². The maximum absolute atomic E-state index is 9.70. The minimum atomic E-state index is 0.465. The molecule has 1 saturated heterocycles. The van der Waals surface area contributed by atoms with Crippen LogP contribution in [0.5, 0.6) is 0 Å². The third-order valence-electron chi connectivity index (χ3n) is 1.44. The van der Waals surface area contributed by atoms with Crippen LogP contribution in [0.3, 0.4) is 0 Å². The van der Waals surface area contributed by atoms with Crippen LogP contribution in [-0.4, -0.2) is 44.0 Å². The topological polar surface area (TPSA) is 41.9 Å². The zero-order valence-electron chi connectivity index (χ0n) is 5.75. The highest BCUT2D eigenvalue weighted by Gasteiger charge is 2.07. The standard InChI is InChI=1S/C6H10N2O2/c9-6-7-5-8-1-3-10-4-2-8/h1-5H2. The van der Waals surface area contributed by atoms with Crippen molar-refractivity contribution in [1.29, 1.82) is 0 Å². The van der Waals surface area contributed by atoms with E-state index in [2.05, 4.69) is 9.89 Å². The Labute approximate surface area is 59.5 Å². The predicted molar refractivity (Wildman–Crippen MR) is 35.4 cm³/mol. The number of rotatable bonds is 2. The van der Waals surface area contributed by atoms with Gasteiger partial charge in [0.2, 0.25) is 6.08 Å². The summed E-state index contributed by atoms with van der Waals surface area (Å²) in [5, 5.41) is 0. The molecular weight excluding hydrogens is 132 g/mol. The van der Waals surface area contributed by atoms with Crippen LogP contribution in [0.15, 0.2) is 4.99 Å². The summed E-state index contributed by atoms with van der Waals surface area (Å²) in [6.07, 6.45) is 1.51. The first kappa shape index (κ1) is 7.41. The highest BCUT2D eigenvalue weighted by atomic mass is 16.5. The Hall–Kier alpha value is -0.700. The largest absolute Gasteiger partial charge is 0.379 e. The van der Waals surface area contributed by atoms with Crippen molar-refractivity contribution < 1.29 is 9.53 Å². The third kappa shape index (κ3) is 2.27. The van der Waals surface area contributed by atoms with E-state index in [9.17, 15) is 4.79 Å². The van der Waals surface area contributed by atoms with Crippen molar-refractivity contribution in [3.63, 3.8) is 0 Å². The molecule has 0 bridgehead atoms. The summed E-state index contributed by atoms with van der Waals surface area (Å²) < 4.78 is 5.10. The molecule has 1 fully saturated rings. The fourth-order valence-electron chi connectivity index (χ4n) is 0.871. The number of isocyanates is 1. The summed E-state index contributed by atoms with van der Waals surface area (Å²) in [6, 6.07) is 0. The summed E-state index contributed by atoms with van der Waals surface area (Å²) in [7, 11) is 0. The van der Waals surface area contributed by atoms with Crippen LogP contribution < -0.4 is 0 Å². The van der Waals surface area contributed by atoms with Crippen LogP contribution in [0.25, 0.3) is 0 Å². The van der Waals surface area contributed by atoms with Gasteiger partial charge in [0.15, 0.2) is 0 Å². The molecule has 0 atom stereocenters. The maximum Gasteiger partial charge on any atom is 0.236 e. The van der Waals surface area contributed by atoms with Crippen molar-refractivity contribution in [1.82, 2.24) is 4.90 Å². The van der Waals surface area contributed by atoms with E-state index >= 15 is 0 Å². The van der Waals surface area contributed by atoms with Crippen LogP contribution in [0.4, 0.5) is 0 Å². The summed E-state index contributed by atoms with van der Waals surface area (Å²) >= 11 is 0. The van der Waals surface area contributed by atoms with Gasteiger partial charge in [0, 0.05) is 13.1 Å². The highest BCUT2D eigenvalue weighted by molar-refractivity contribution is 5.32. The monoisotopic (exact) mass is 142 g/mol. The molecule has 1 aliphatic rings. The average Bonchev–Trinajstić information content (AvgIpc) is 2.03. The van der Waals surface area contributed by atoms with E-state index in [0.717, 1.165) is 26.3 Å². The van der Waals surface area contributed by atoms with Gasteiger partial charge < -0.3 is 4.74 Å². The van der Waals surface area contributed by atoms with Crippen LogP contribution in [0.2, 0.25) is 0 Å². The Morgan fingerprint density at radius 1 is 1.50 bits per heavy atom. The average molecular weight is 142 g/mol. The summed E-state index contributed by atoms with van der Waals surface area (Å²) in [4.78, 5) is 15.2. The van der Waals surface area contributed by atoms with Crippen LogP contribution in [0, 0.1) is 0 Å². The normalized spacial score (nSPS) is 20.0. The van der Waals surface area contributed by atoms with Gasteiger partial charge in [0.05, 0.1) is 13.2 Å². The molecule has 0 radical (unpaired) electrons. The Morgan fingerprint density at radius 2 is 2.20 bits per heavy atom. The minimum Gasteiger partial charge on any atom is -0.379 e. The molecule has 0 amide bonds.